The van der Waals surface area contributed by atoms with E-state index in [1.165, 1.54) is 17.0 Å². The second-order valence-electron chi connectivity index (χ2n) is 11.3. The number of aromatic nitrogens is 2. The van der Waals surface area contributed by atoms with Crippen molar-refractivity contribution in [1.29, 1.82) is 0 Å². The van der Waals surface area contributed by atoms with E-state index >= 15 is 0 Å². The summed E-state index contributed by atoms with van der Waals surface area (Å²) in [6.07, 6.45) is -5.29. The van der Waals surface area contributed by atoms with E-state index in [-0.39, 0.29) is 47.0 Å². The van der Waals surface area contributed by atoms with Crippen molar-refractivity contribution in [2.45, 2.75) is 57.5 Å². The highest BCUT2D eigenvalue weighted by Crippen LogP contribution is 2.43. The largest absolute Gasteiger partial charge is 0.444 e. The van der Waals surface area contributed by atoms with Crippen molar-refractivity contribution in [2.75, 3.05) is 13.1 Å². The zero-order valence-corrected chi connectivity index (χ0v) is 24.9. The quantitative estimate of drug-likeness (QED) is 0.325. The minimum Gasteiger partial charge on any atom is -0.444 e. The summed E-state index contributed by atoms with van der Waals surface area (Å²) < 4.78 is 47.4. The summed E-state index contributed by atoms with van der Waals surface area (Å²) in [6, 6.07) is 7.48. The SMILES string of the molecule is CC(C)(C)OC(=O)N1CCC(N2C(=O)S/C(=C(/Cc3ccc(Cl)cc3C(F)(F)F)c3ccc4[nH]ncc4c3)C2=O)C(O)C1. The molecule has 1 aromatic heterocycles. The van der Waals surface area contributed by atoms with Gasteiger partial charge in [0.05, 0.1) is 40.9 Å². The number of likely N-dealkylation sites (tertiary alicyclic amines) is 1. The van der Waals surface area contributed by atoms with Gasteiger partial charge in [-0.2, -0.15) is 18.3 Å². The Kier molecular flexibility index (Phi) is 8.27. The number of H-pyrrole nitrogens is 1. The molecule has 2 atom stereocenters. The van der Waals surface area contributed by atoms with Crippen LogP contribution in [0.1, 0.15) is 43.9 Å². The van der Waals surface area contributed by atoms with E-state index in [9.17, 15) is 32.7 Å². The molecule has 14 heteroatoms. The number of β-amino-alcohol motifs (C(OH)–C–C–N with tert-alkyl or cyclic N) is 1. The molecule has 2 N–H and O–H groups in total. The Labute approximate surface area is 254 Å². The van der Waals surface area contributed by atoms with Crippen molar-refractivity contribution >= 4 is 57.1 Å². The zero-order chi connectivity index (χ0) is 31.3. The van der Waals surface area contributed by atoms with E-state index in [0.29, 0.717) is 28.2 Å². The van der Waals surface area contributed by atoms with E-state index in [0.717, 1.165) is 11.0 Å². The van der Waals surface area contributed by atoms with Gasteiger partial charge in [0.15, 0.2) is 0 Å². The molecular weight excluding hydrogens is 609 g/mol. The van der Waals surface area contributed by atoms with Gasteiger partial charge in [0.2, 0.25) is 0 Å². The molecule has 2 saturated heterocycles. The van der Waals surface area contributed by atoms with Gasteiger partial charge >= 0.3 is 12.3 Å². The van der Waals surface area contributed by atoms with Gasteiger partial charge < -0.3 is 14.7 Å². The number of hydrogen-bond donors (Lipinski definition) is 2. The van der Waals surface area contributed by atoms with Crippen molar-refractivity contribution < 1.29 is 37.4 Å². The number of aliphatic hydroxyl groups is 1. The summed E-state index contributed by atoms with van der Waals surface area (Å²) in [6.45, 7) is 5.10. The predicted molar refractivity (Wildman–Crippen MR) is 155 cm³/mol. The van der Waals surface area contributed by atoms with Crippen LogP contribution in [0.15, 0.2) is 47.5 Å². The molecule has 0 bridgehead atoms. The molecule has 0 saturated carbocycles. The lowest BCUT2D eigenvalue weighted by molar-refractivity contribution is -0.138. The number of halogens is 4. The van der Waals surface area contributed by atoms with Crippen molar-refractivity contribution in [3.63, 3.8) is 0 Å². The number of amides is 3. The third-order valence-electron chi connectivity index (χ3n) is 7.14. The van der Waals surface area contributed by atoms with Crippen molar-refractivity contribution in [1.82, 2.24) is 20.0 Å². The molecular formula is C29H28ClF3N4O5S. The van der Waals surface area contributed by atoms with Crippen LogP contribution in [0.5, 0.6) is 0 Å². The molecule has 3 amide bonds. The van der Waals surface area contributed by atoms with E-state index in [1.54, 1.807) is 45.2 Å². The number of thioether (sulfide) groups is 1. The third-order valence-corrected chi connectivity index (χ3v) is 8.37. The lowest BCUT2D eigenvalue weighted by atomic mass is 9.93. The lowest BCUT2D eigenvalue weighted by Gasteiger charge is -2.39. The number of hydrogen-bond acceptors (Lipinski definition) is 7. The van der Waals surface area contributed by atoms with E-state index < -0.39 is 46.7 Å². The Bertz CT molecular complexity index is 1630. The number of nitrogens with one attached hydrogen (secondary N) is 1. The fraction of sp³-hybridized carbons (Fsp3) is 0.379. The first kappa shape index (κ1) is 30.9. The predicted octanol–water partition coefficient (Wildman–Crippen LogP) is 6.25. The summed E-state index contributed by atoms with van der Waals surface area (Å²) in [4.78, 5) is 41.9. The number of alkyl halides is 3. The minimum absolute atomic E-state index is 0.0438. The molecule has 0 radical (unpaired) electrons. The van der Waals surface area contributed by atoms with Gasteiger partial charge in [-0.3, -0.25) is 19.6 Å². The molecule has 9 nitrogen and oxygen atoms in total. The van der Waals surface area contributed by atoms with Crippen molar-refractivity contribution in [3.05, 3.63) is 69.2 Å². The second kappa shape index (κ2) is 11.5. The second-order valence-corrected chi connectivity index (χ2v) is 12.7. The molecule has 5 rings (SSSR count). The fourth-order valence-electron chi connectivity index (χ4n) is 5.16. The number of aromatic amines is 1. The summed E-state index contributed by atoms with van der Waals surface area (Å²) in [5.74, 6) is -0.727. The van der Waals surface area contributed by atoms with Crippen LogP contribution in [0.3, 0.4) is 0 Å². The maximum absolute atomic E-state index is 14.0. The van der Waals surface area contributed by atoms with Gasteiger partial charge in [-0.15, -0.1) is 0 Å². The number of ether oxygens (including phenoxy) is 1. The summed E-state index contributed by atoms with van der Waals surface area (Å²) in [5, 5.41) is 17.6. The van der Waals surface area contributed by atoms with Crippen LogP contribution in [-0.4, -0.2) is 73.2 Å². The number of piperidine rings is 1. The van der Waals surface area contributed by atoms with Crippen LogP contribution in [0.25, 0.3) is 16.5 Å². The molecule has 2 unspecified atom stereocenters. The molecule has 228 valence electrons. The Morgan fingerprint density at radius 3 is 2.60 bits per heavy atom. The van der Waals surface area contributed by atoms with Crippen LogP contribution >= 0.6 is 23.4 Å². The fourth-order valence-corrected chi connectivity index (χ4v) is 6.33. The third kappa shape index (κ3) is 6.53. The Morgan fingerprint density at radius 2 is 1.93 bits per heavy atom. The van der Waals surface area contributed by atoms with E-state index in [2.05, 4.69) is 10.2 Å². The van der Waals surface area contributed by atoms with Crippen molar-refractivity contribution in [2.24, 2.45) is 0 Å². The van der Waals surface area contributed by atoms with Crippen LogP contribution in [0.4, 0.5) is 22.8 Å². The summed E-state index contributed by atoms with van der Waals surface area (Å²) in [7, 11) is 0. The van der Waals surface area contributed by atoms with Crippen LogP contribution in [0, 0.1) is 0 Å². The Hall–Kier alpha value is -3.55. The van der Waals surface area contributed by atoms with Crippen LogP contribution in [-0.2, 0) is 22.1 Å². The number of rotatable bonds is 4. The normalized spacial score (nSPS) is 21.1. The number of carbonyl (C=O) groups is 3. The first-order valence-electron chi connectivity index (χ1n) is 13.4. The van der Waals surface area contributed by atoms with Gasteiger partial charge in [-0.25, -0.2) is 4.79 Å². The first-order valence-corrected chi connectivity index (χ1v) is 14.6. The highest BCUT2D eigenvalue weighted by Gasteiger charge is 2.46. The summed E-state index contributed by atoms with van der Waals surface area (Å²) >= 11 is 6.50. The van der Waals surface area contributed by atoms with E-state index in [4.69, 9.17) is 16.3 Å². The number of aliphatic hydroxyl groups excluding tert-OH is 1. The number of carbonyl (C=O) groups excluding carboxylic acids is 3. The number of fused-ring (bicyclic) bond motifs is 1. The molecule has 3 aromatic rings. The number of allylic oxidation sites excluding steroid dienone is 1. The van der Waals surface area contributed by atoms with Crippen molar-refractivity contribution in [3.8, 4) is 0 Å². The van der Waals surface area contributed by atoms with Gasteiger partial charge in [-0.1, -0.05) is 23.7 Å². The van der Waals surface area contributed by atoms with Gasteiger partial charge in [0.1, 0.15) is 5.60 Å². The number of benzene rings is 2. The molecule has 2 aromatic carbocycles. The monoisotopic (exact) mass is 636 g/mol. The minimum atomic E-state index is -4.72. The standard InChI is InChI=1S/C29H28ClF3N4O5S/c1-28(2,3)42-26(40)36-9-8-22(23(38)14-36)37-25(39)24(43-27(37)41)19(15-5-7-21-17(10-15)13-34-35-21)11-16-4-6-18(30)12-20(16)29(31,32)33/h4-7,10,12-13,22-23,38H,8-9,11,14H2,1-3H3,(H,34,35)/b24-19-. The highest BCUT2D eigenvalue weighted by atomic mass is 35.5. The number of imide groups is 1. The topological polar surface area (TPSA) is 116 Å². The average molecular weight is 637 g/mol. The van der Waals surface area contributed by atoms with Gasteiger partial charge in [-0.05, 0) is 86.3 Å². The molecule has 0 spiro atoms. The first-order chi connectivity index (χ1) is 20.1. The maximum atomic E-state index is 14.0. The molecule has 3 heterocycles. The molecule has 43 heavy (non-hydrogen) atoms. The van der Waals surface area contributed by atoms with Gasteiger partial charge in [0, 0.05) is 17.0 Å². The van der Waals surface area contributed by atoms with E-state index in [1.807, 2.05) is 0 Å². The lowest BCUT2D eigenvalue weighted by Crippen LogP contribution is -2.57. The van der Waals surface area contributed by atoms with Crippen LogP contribution < -0.4 is 0 Å². The molecule has 2 aliphatic rings. The average Bonchev–Trinajstić information content (AvgIpc) is 3.49. The van der Waals surface area contributed by atoms with Gasteiger partial charge in [0.25, 0.3) is 11.1 Å². The molecule has 2 fully saturated rings. The molecule has 0 aliphatic carbocycles. The zero-order valence-electron chi connectivity index (χ0n) is 23.4. The smallest absolute Gasteiger partial charge is 0.416 e. The van der Waals surface area contributed by atoms with Crippen LogP contribution in [0.2, 0.25) is 5.02 Å². The molecule has 2 aliphatic heterocycles. The Balaban J connectivity index is 1.51. The highest BCUT2D eigenvalue weighted by molar-refractivity contribution is 8.18. The summed E-state index contributed by atoms with van der Waals surface area (Å²) in [5.41, 5.74) is -0.506. The Morgan fingerprint density at radius 1 is 1.19 bits per heavy atom. The maximum Gasteiger partial charge on any atom is 0.416 e. The number of nitrogens with zero attached hydrogens (tertiary/aromatic N) is 3.